The van der Waals surface area contributed by atoms with Crippen LogP contribution < -0.4 is 14.8 Å². The van der Waals surface area contributed by atoms with Gasteiger partial charge in [0.2, 0.25) is 0 Å². The van der Waals surface area contributed by atoms with E-state index < -0.39 is 0 Å². The highest BCUT2D eigenvalue weighted by atomic mass is 35.5. The minimum absolute atomic E-state index is 0. The van der Waals surface area contributed by atoms with Crippen molar-refractivity contribution in [3.05, 3.63) is 23.8 Å². The third kappa shape index (κ3) is 4.19. The molecule has 22 heavy (non-hydrogen) atoms. The molecule has 6 heteroatoms. The minimum Gasteiger partial charge on any atom is -0.497 e. The number of benzene rings is 1. The first kappa shape index (κ1) is 19.4. The van der Waals surface area contributed by atoms with Crippen LogP contribution in [0.25, 0.3) is 0 Å². The van der Waals surface area contributed by atoms with Crippen molar-refractivity contribution in [3.8, 4) is 11.5 Å². The lowest BCUT2D eigenvalue weighted by Gasteiger charge is -2.36. The first-order chi connectivity index (χ1) is 9.83. The van der Waals surface area contributed by atoms with E-state index in [0.717, 1.165) is 43.6 Å². The van der Waals surface area contributed by atoms with Gasteiger partial charge in [0, 0.05) is 37.8 Å². The third-order valence-corrected chi connectivity index (χ3v) is 4.37. The molecular weight excluding hydrogens is 323 g/mol. The van der Waals surface area contributed by atoms with Gasteiger partial charge in [-0.15, -0.1) is 24.8 Å². The predicted octanol–water partition coefficient (Wildman–Crippen LogP) is 2.90. The standard InChI is InChI=1S/C16H24N2O2.2ClH/c1-19-13-5-6-15(20-2)14(11-13)16(12-3-4-12)18-9-7-17-8-10-18;;/h5-6,11-12,16-17H,3-4,7-10H2,1-2H3;2*1H/t16-;;/m0../s1. The summed E-state index contributed by atoms with van der Waals surface area (Å²) in [6, 6.07) is 6.64. The fourth-order valence-corrected chi connectivity index (χ4v) is 3.19. The maximum absolute atomic E-state index is 5.60. The Balaban J connectivity index is 0.00000121. The average Bonchev–Trinajstić information content (AvgIpc) is 3.33. The summed E-state index contributed by atoms with van der Waals surface area (Å²) in [6.45, 7) is 4.38. The van der Waals surface area contributed by atoms with Crippen molar-refractivity contribution in [2.75, 3.05) is 40.4 Å². The molecule has 0 bridgehead atoms. The molecule has 1 saturated carbocycles. The van der Waals surface area contributed by atoms with Crippen molar-refractivity contribution in [2.45, 2.75) is 18.9 Å². The molecule has 1 N–H and O–H groups in total. The number of nitrogens with one attached hydrogen (secondary N) is 1. The number of rotatable bonds is 5. The Hall–Kier alpha value is -0.680. The van der Waals surface area contributed by atoms with Crippen molar-refractivity contribution in [3.63, 3.8) is 0 Å². The van der Waals surface area contributed by atoms with Crippen LogP contribution in [0.2, 0.25) is 0 Å². The van der Waals surface area contributed by atoms with Crippen molar-refractivity contribution < 1.29 is 9.47 Å². The molecule has 126 valence electrons. The zero-order valence-corrected chi connectivity index (χ0v) is 14.8. The summed E-state index contributed by atoms with van der Waals surface area (Å²) in [5.41, 5.74) is 1.29. The summed E-state index contributed by atoms with van der Waals surface area (Å²) in [7, 11) is 3.48. The van der Waals surface area contributed by atoms with Gasteiger partial charge in [-0.05, 0) is 37.0 Å². The molecule has 3 rings (SSSR count). The molecule has 1 aliphatic heterocycles. The zero-order chi connectivity index (χ0) is 13.9. The maximum atomic E-state index is 5.60. The fraction of sp³-hybridized carbons (Fsp3) is 0.625. The van der Waals surface area contributed by atoms with Crippen LogP contribution in [-0.4, -0.2) is 45.3 Å². The lowest BCUT2D eigenvalue weighted by molar-refractivity contribution is 0.153. The Morgan fingerprint density at radius 2 is 1.77 bits per heavy atom. The predicted molar refractivity (Wildman–Crippen MR) is 93.9 cm³/mol. The Morgan fingerprint density at radius 3 is 2.32 bits per heavy atom. The molecule has 0 spiro atoms. The zero-order valence-electron chi connectivity index (χ0n) is 13.2. The first-order valence-corrected chi connectivity index (χ1v) is 7.50. The van der Waals surface area contributed by atoms with E-state index in [-0.39, 0.29) is 24.8 Å². The van der Waals surface area contributed by atoms with Gasteiger partial charge in [0.25, 0.3) is 0 Å². The summed E-state index contributed by atoms with van der Waals surface area (Å²) >= 11 is 0. The minimum atomic E-state index is 0. The molecule has 1 saturated heterocycles. The second-order valence-electron chi connectivity index (χ2n) is 5.68. The molecule has 1 aromatic carbocycles. The molecule has 1 aromatic rings. The Labute approximate surface area is 145 Å². The van der Waals surface area contributed by atoms with Gasteiger partial charge in [-0.2, -0.15) is 0 Å². The summed E-state index contributed by atoms with van der Waals surface area (Å²) in [4.78, 5) is 2.60. The average molecular weight is 349 g/mol. The number of halogens is 2. The number of ether oxygens (including phenoxy) is 2. The van der Waals surface area contributed by atoms with Gasteiger partial charge in [-0.1, -0.05) is 0 Å². The molecule has 0 unspecified atom stereocenters. The fourth-order valence-electron chi connectivity index (χ4n) is 3.19. The number of nitrogens with zero attached hydrogens (tertiary/aromatic N) is 1. The summed E-state index contributed by atoms with van der Waals surface area (Å²) in [5, 5.41) is 3.43. The lowest BCUT2D eigenvalue weighted by atomic mass is 9.98. The molecule has 4 nitrogen and oxygen atoms in total. The van der Waals surface area contributed by atoms with Crippen LogP contribution in [0.1, 0.15) is 24.4 Å². The van der Waals surface area contributed by atoms with Crippen LogP contribution in [0.3, 0.4) is 0 Å². The number of methoxy groups -OCH3 is 2. The lowest BCUT2D eigenvalue weighted by Crippen LogP contribution is -2.45. The second-order valence-corrected chi connectivity index (χ2v) is 5.68. The van der Waals surface area contributed by atoms with E-state index in [0.29, 0.717) is 6.04 Å². The Morgan fingerprint density at radius 1 is 1.09 bits per heavy atom. The molecule has 0 radical (unpaired) electrons. The first-order valence-electron chi connectivity index (χ1n) is 7.50. The van der Waals surface area contributed by atoms with Crippen LogP contribution in [0.5, 0.6) is 11.5 Å². The van der Waals surface area contributed by atoms with Gasteiger partial charge in [0.05, 0.1) is 14.2 Å². The summed E-state index contributed by atoms with van der Waals surface area (Å²) in [6.07, 6.45) is 2.66. The van der Waals surface area contributed by atoms with E-state index in [1.54, 1.807) is 14.2 Å². The quantitative estimate of drug-likeness (QED) is 0.886. The molecule has 1 heterocycles. The van der Waals surface area contributed by atoms with Crippen LogP contribution in [0.15, 0.2) is 18.2 Å². The van der Waals surface area contributed by atoms with E-state index in [2.05, 4.69) is 16.3 Å². The van der Waals surface area contributed by atoms with Gasteiger partial charge < -0.3 is 14.8 Å². The van der Waals surface area contributed by atoms with Crippen molar-refractivity contribution >= 4 is 24.8 Å². The van der Waals surface area contributed by atoms with Crippen LogP contribution in [0.4, 0.5) is 0 Å². The van der Waals surface area contributed by atoms with E-state index in [1.807, 2.05) is 12.1 Å². The molecule has 1 aliphatic carbocycles. The van der Waals surface area contributed by atoms with Gasteiger partial charge in [-0.3, -0.25) is 4.90 Å². The highest BCUT2D eigenvalue weighted by molar-refractivity contribution is 5.85. The Bertz CT molecular complexity index is 463. The van der Waals surface area contributed by atoms with Gasteiger partial charge >= 0.3 is 0 Å². The van der Waals surface area contributed by atoms with E-state index >= 15 is 0 Å². The number of piperazine rings is 1. The maximum Gasteiger partial charge on any atom is 0.123 e. The summed E-state index contributed by atoms with van der Waals surface area (Å²) < 4.78 is 11.0. The smallest absolute Gasteiger partial charge is 0.123 e. The van der Waals surface area contributed by atoms with Gasteiger partial charge in [0.1, 0.15) is 11.5 Å². The largest absolute Gasteiger partial charge is 0.497 e. The van der Waals surface area contributed by atoms with E-state index in [4.69, 9.17) is 9.47 Å². The highest BCUT2D eigenvalue weighted by Crippen LogP contribution is 2.47. The van der Waals surface area contributed by atoms with E-state index in [1.165, 1.54) is 18.4 Å². The van der Waals surface area contributed by atoms with E-state index in [9.17, 15) is 0 Å². The topological polar surface area (TPSA) is 33.7 Å². The molecule has 1 atom stereocenters. The van der Waals surface area contributed by atoms with Crippen LogP contribution in [0, 0.1) is 5.92 Å². The molecule has 0 amide bonds. The second kappa shape index (κ2) is 8.82. The third-order valence-electron chi connectivity index (χ3n) is 4.37. The van der Waals surface area contributed by atoms with Gasteiger partial charge in [-0.25, -0.2) is 0 Å². The normalized spacial score (nSPS) is 19.5. The molecule has 2 aliphatic rings. The molecular formula is C16H26Cl2N2O2. The van der Waals surface area contributed by atoms with Crippen LogP contribution >= 0.6 is 24.8 Å². The highest BCUT2D eigenvalue weighted by Gasteiger charge is 2.38. The van der Waals surface area contributed by atoms with Crippen molar-refractivity contribution in [2.24, 2.45) is 5.92 Å². The van der Waals surface area contributed by atoms with Crippen molar-refractivity contribution in [1.82, 2.24) is 10.2 Å². The number of hydrogen-bond donors (Lipinski definition) is 1. The SMILES string of the molecule is COc1ccc(OC)c([C@H](C2CC2)N2CCNCC2)c1.Cl.Cl. The number of hydrogen-bond acceptors (Lipinski definition) is 4. The van der Waals surface area contributed by atoms with Crippen molar-refractivity contribution in [1.29, 1.82) is 0 Å². The monoisotopic (exact) mass is 348 g/mol. The Kier molecular flexibility index (Phi) is 7.77. The van der Waals surface area contributed by atoms with Gasteiger partial charge in [0.15, 0.2) is 0 Å². The molecule has 0 aromatic heterocycles. The molecule has 2 fully saturated rings. The summed E-state index contributed by atoms with van der Waals surface area (Å²) in [5.74, 6) is 2.68. The van der Waals surface area contributed by atoms with Crippen LogP contribution in [-0.2, 0) is 0 Å².